The molecule has 3 N–H and O–H groups in total. The van der Waals surface area contributed by atoms with Crippen molar-refractivity contribution in [2.75, 3.05) is 25.4 Å². The van der Waals surface area contributed by atoms with E-state index >= 15 is 0 Å². The highest BCUT2D eigenvalue weighted by molar-refractivity contribution is 7.89. The van der Waals surface area contributed by atoms with E-state index in [0.717, 1.165) is 12.8 Å². The van der Waals surface area contributed by atoms with E-state index in [4.69, 9.17) is 5.73 Å². The Bertz CT molecular complexity index is 444. The Morgan fingerprint density at radius 3 is 2.18 bits per heavy atom. The lowest BCUT2D eigenvalue weighted by molar-refractivity contribution is -0.143. The van der Waals surface area contributed by atoms with E-state index in [1.165, 1.54) is 0 Å². The first-order valence-electron chi connectivity index (χ1n) is 8.33. The van der Waals surface area contributed by atoms with Crippen LogP contribution in [0.3, 0.4) is 0 Å². The molecule has 0 aromatic carbocycles. The molecule has 7 heteroatoms. The molecule has 22 heavy (non-hydrogen) atoms. The zero-order chi connectivity index (χ0) is 16.8. The molecule has 1 fully saturated rings. The van der Waals surface area contributed by atoms with Crippen LogP contribution in [0.4, 0.5) is 0 Å². The number of nitrogens with zero attached hydrogens (tertiary/aromatic N) is 1. The first-order chi connectivity index (χ1) is 10.3. The highest BCUT2D eigenvalue weighted by atomic mass is 32.2. The number of hydrogen-bond donors (Lipinski definition) is 2. The van der Waals surface area contributed by atoms with Crippen LogP contribution in [-0.4, -0.2) is 50.7 Å². The molecule has 1 saturated heterocycles. The van der Waals surface area contributed by atoms with Crippen LogP contribution < -0.4 is 10.5 Å². The number of rotatable bonds is 8. The smallest absolute Gasteiger partial charge is 0.230 e. The number of amides is 1. The van der Waals surface area contributed by atoms with Crippen molar-refractivity contribution in [3.63, 3.8) is 0 Å². The van der Waals surface area contributed by atoms with Gasteiger partial charge in [0.05, 0.1) is 11.2 Å². The molecule has 0 unspecified atom stereocenters. The molecule has 0 aromatic heterocycles. The largest absolute Gasteiger partial charge is 0.342 e. The summed E-state index contributed by atoms with van der Waals surface area (Å²) >= 11 is 0. The second-order valence-corrected chi connectivity index (χ2v) is 8.07. The fraction of sp³-hybridized carbons (Fsp3) is 0.933. The van der Waals surface area contributed by atoms with Crippen molar-refractivity contribution in [1.82, 2.24) is 9.62 Å². The summed E-state index contributed by atoms with van der Waals surface area (Å²) in [6.07, 6.45) is 3.42. The number of likely N-dealkylation sites (tertiary alicyclic amines) is 1. The lowest BCUT2D eigenvalue weighted by atomic mass is 9.80. The van der Waals surface area contributed by atoms with Gasteiger partial charge in [0.1, 0.15) is 0 Å². The number of hydrogen-bond acceptors (Lipinski definition) is 4. The summed E-state index contributed by atoms with van der Waals surface area (Å²) in [4.78, 5) is 14.6. The average Bonchev–Trinajstić information content (AvgIpc) is 2.49. The van der Waals surface area contributed by atoms with Crippen LogP contribution in [0.5, 0.6) is 0 Å². The van der Waals surface area contributed by atoms with Crippen molar-refractivity contribution >= 4 is 15.9 Å². The lowest BCUT2D eigenvalue weighted by Crippen LogP contribution is -2.52. The van der Waals surface area contributed by atoms with Gasteiger partial charge in [-0.1, -0.05) is 20.8 Å². The van der Waals surface area contributed by atoms with Gasteiger partial charge < -0.3 is 10.6 Å². The maximum absolute atomic E-state index is 12.7. The van der Waals surface area contributed by atoms with Crippen molar-refractivity contribution < 1.29 is 13.2 Å². The zero-order valence-electron chi connectivity index (χ0n) is 14.1. The third-order valence-corrected chi connectivity index (χ3v) is 6.44. The molecule has 0 atom stereocenters. The normalized spacial score (nSPS) is 17.7. The van der Waals surface area contributed by atoms with Gasteiger partial charge in [0.25, 0.3) is 0 Å². The van der Waals surface area contributed by atoms with E-state index < -0.39 is 15.4 Å². The molecule has 0 spiro atoms. The van der Waals surface area contributed by atoms with Gasteiger partial charge >= 0.3 is 0 Å². The molecular weight excluding hydrogens is 302 g/mol. The van der Waals surface area contributed by atoms with E-state index in [-0.39, 0.29) is 17.7 Å². The quantitative estimate of drug-likeness (QED) is 0.695. The summed E-state index contributed by atoms with van der Waals surface area (Å²) in [5.41, 5.74) is 5.38. The minimum Gasteiger partial charge on any atom is -0.342 e. The maximum atomic E-state index is 12.7. The van der Waals surface area contributed by atoms with Crippen LogP contribution in [0.25, 0.3) is 0 Å². The summed E-state index contributed by atoms with van der Waals surface area (Å²) in [5.74, 6) is 0.281. The van der Waals surface area contributed by atoms with Gasteiger partial charge in [0, 0.05) is 25.7 Å². The molecule has 0 aromatic rings. The third kappa shape index (κ3) is 4.67. The summed E-state index contributed by atoms with van der Waals surface area (Å²) < 4.78 is 26.4. The van der Waals surface area contributed by atoms with Gasteiger partial charge in [-0.2, -0.15) is 0 Å². The molecule has 0 aliphatic carbocycles. The van der Waals surface area contributed by atoms with Gasteiger partial charge in [0.15, 0.2) is 0 Å². The van der Waals surface area contributed by atoms with Crippen molar-refractivity contribution in [2.45, 2.75) is 58.9 Å². The molecule has 130 valence electrons. The Hall–Kier alpha value is -0.660. The summed E-state index contributed by atoms with van der Waals surface area (Å²) in [6.45, 7) is 7.41. The van der Waals surface area contributed by atoms with Gasteiger partial charge in [-0.25, -0.2) is 13.1 Å². The first-order valence-corrected chi connectivity index (χ1v) is 9.98. The average molecular weight is 333 g/mol. The second-order valence-electron chi connectivity index (χ2n) is 6.19. The Labute approximate surface area is 134 Å². The number of nitrogens with one attached hydrogen (secondary N) is 1. The van der Waals surface area contributed by atoms with Gasteiger partial charge in [-0.3, -0.25) is 4.79 Å². The predicted molar refractivity (Wildman–Crippen MR) is 88.9 cm³/mol. The molecular formula is C15H31N3O3S. The summed E-state index contributed by atoms with van der Waals surface area (Å²) in [5, 5.41) is 0. The lowest BCUT2D eigenvalue weighted by Gasteiger charge is -2.39. The number of nitrogens with two attached hydrogens (primary N) is 1. The van der Waals surface area contributed by atoms with Gasteiger partial charge in [0.2, 0.25) is 15.9 Å². The molecule has 6 nitrogen and oxygen atoms in total. The molecule has 1 amide bonds. The Balaban J connectivity index is 2.60. The van der Waals surface area contributed by atoms with Crippen LogP contribution in [0, 0.1) is 5.41 Å². The highest BCUT2D eigenvalue weighted by Crippen LogP contribution is 2.29. The predicted octanol–water partition coefficient (Wildman–Crippen LogP) is 1.07. The Morgan fingerprint density at radius 1 is 1.23 bits per heavy atom. The third-order valence-electron chi connectivity index (χ3n) is 4.80. The summed E-state index contributed by atoms with van der Waals surface area (Å²) in [7, 11) is -3.18. The number of sulfonamides is 1. The number of piperidine rings is 1. The molecule has 0 saturated carbocycles. The van der Waals surface area contributed by atoms with E-state index in [9.17, 15) is 13.2 Å². The van der Waals surface area contributed by atoms with E-state index in [2.05, 4.69) is 4.72 Å². The van der Waals surface area contributed by atoms with Crippen molar-refractivity contribution in [3.05, 3.63) is 0 Å². The van der Waals surface area contributed by atoms with Crippen LogP contribution >= 0.6 is 0 Å². The molecule has 1 rings (SSSR count). The van der Waals surface area contributed by atoms with E-state index in [0.29, 0.717) is 38.9 Å². The zero-order valence-corrected chi connectivity index (χ0v) is 14.9. The topological polar surface area (TPSA) is 92.5 Å². The molecule has 1 heterocycles. The highest BCUT2D eigenvalue weighted by Gasteiger charge is 2.38. The van der Waals surface area contributed by atoms with Gasteiger partial charge in [-0.05, 0) is 32.1 Å². The van der Waals surface area contributed by atoms with Gasteiger partial charge in [-0.15, -0.1) is 0 Å². The van der Waals surface area contributed by atoms with Crippen molar-refractivity contribution in [3.8, 4) is 0 Å². The molecule has 1 aliphatic heterocycles. The minimum atomic E-state index is -3.18. The molecule has 0 radical (unpaired) electrons. The monoisotopic (exact) mass is 333 g/mol. The number of carbonyl (C=O) groups is 1. The van der Waals surface area contributed by atoms with E-state index in [1.54, 1.807) is 0 Å². The SMILES string of the molecule is CCCS(=O)(=O)NC1CCN(C(=O)C(CC)(CC)CN)CC1. The maximum Gasteiger partial charge on any atom is 0.230 e. The van der Waals surface area contributed by atoms with Crippen LogP contribution in [0.15, 0.2) is 0 Å². The first kappa shape index (κ1) is 19.4. The standard InChI is InChI=1S/C15H31N3O3S/c1-4-11-22(20,21)17-13-7-9-18(10-8-13)14(19)15(5-2,6-3)12-16/h13,17H,4-12,16H2,1-3H3. The van der Waals surface area contributed by atoms with Crippen LogP contribution in [-0.2, 0) is 14.8 Å². The molecule has 0 bridgehead atoms. The van der Waals surface area contributed by atoms with Crippen LogP contribution in [0.1, 0.15) is 52.9 Å². The molecule has 1 aliphatic rings. The minimum absolute atomic E-state index is 0.0591. The number of carbonyl (C=O) groups excluding carboxylic acids is 1. The Kier molecular flexibility index (Phi) is 7.28. The second kappa shape index (κ2) is 8.26. The van der Waals surface area contributed by atoms with Crippen LogP contribution in [0.2, 0.25) is 0 Å². The Morgan fingerprint density at radius 2 is 1.77 bits per heavy atom. The van der Waals surface area contributed by atoms with E-state index in [1.807, 2.05) is 25.7 Å². The fourth-order valence-electron chi connectivity index (χ4n) is 3.05. The fourth-order valence-corrected chi connectivity index (χ4v) is 4.44. The van der Waals surface area contributed by atoms with Crippen molar-refractivity contribution in [1.29, 1.82) is 0 Å². The summed E-state index contributed by atoms with van der Waals surface area (Å²) in [6, 6.07) is -0.0591. The van der Waals surface area contributed by atoms with Crippen molar-refractivity contribution in [2.24, 2.45) is 11.1 Å².